The van der Waals surface area contributed by atoms with Crippen LogP contribution in [0.4, 0.5) is 24.0 Å². The second-order valence-corrected chi connectivity index (χ2v) is 8.68. The number of rotatable bonds is 5. The molecule has 4 rings (SSSR count). The monoisotopic (exact) mass is 462 g/mol. The predicted molar refractivity (Wildman–Crippen MR) is 117 cm³/mol. The number of amides is 1. The molecule has 1 N–H and O–H groups in total. The van der Waals surface area contributed by atoms with Crippen LogP contribution in [0.15, 0.2) is 53.0 Å². The predicted octanol–water partition coefficient (Wildman–Crippen LogP) is 6.32. The Balaban J connectivity index is 1.53. The first-order valence-corrected chi connectivity index (χ1v) is 11.1. The van der Waals surface area contributed by atoms with Gasteiger partial charge < -0.3 is 4.98 Å². The molecule has 4 aromatic rings. The van der Waals surface area contributed by atoms with E-state index in [1.165, 1.54) is 47.1 Å². The number of carbonyl (C=O) groups is 1. The van der Waals surface area contributed by atoms with Crippen molar-refractivity contribution in [1.82, 2.24) is 15.0 Å². The second-order valence-electron chi connectivity index (χ2n) is 6.88. The molecule has 0 saturated carbocycles. The lowest BCUT2D eigenvalue weighted by atomic mass is 10.2. The minimum absolute atomic E-state index is 0.128. The molecule has 0 aliphatic rings. The highest BCUT2D eigenvalue weighted by Gasteiger charge is 2.31. The maximum Gasteiger partial charge on any atom is 0.416 e. The van der Waals surface area contributed by atoms with Crippen molar-refractivity contribution in [3.8, 4) is 0 Å². The summed E-state index contributed by atoms with van der Waals surface area (Å²) < 4.78 is 39.2. The maximum atomic E-state index is 13.1. The van der Waals surface area contributed by atoms with Crippen LogP contribution in [-0.2, 0) is 16.7 Å². The van der Waals surface area contributed by atoms with E-state index in [9.17, 15) is 18.0 Å². The number of alkyl halides is 3. The van der Waals surface area contributed by atoms with Gasteiger partial charge in [0, 0.05) is 18.1 Å². The van der Waals surface area contributed by atoms with Crippen LogP contribution in [0.5, 0.6) is 0 Å². The van der Waals surface area contributed by atoms with Crippen LogP contribution < -0.4 is 4.90 Å². The van der Waals surface area contributed by atoms with Gasteiger partial charge in [0.25, 0.3) is 0 Å². The van der Waals surface area contributed by atoms with Gasteiger partial charge in [-0.2, -0.15) is 13.2 Å². The van der Waals surface area contributed by atoms with E-state index < -0.39 is 17.6 Å². The van der Waals surface area contributed by atoms with Crippen molar-refractivity contribution in [2.24, 2.45) is 0 Å². The third-order valence-corrected chi connectivity index (χ3v) is 6.23. The van der Waals surface area contributed by atoms with Crippen LogP contribution in [0.1, 0.15) is 23.7 Å². The van der Waals surface area contributed by atoms with Crippen molar-refractivity contribution in [3.05, 3.63) is 64.7 Å². The average Bonchev–Trinajstić information content (AvgIpc) is 3.32. The fourth-order valence-corrected chi connectivity index (χ4v) is 4.79. The molecule has 31 heavy (non-hydrogen) atoms. The highest BCUT2D eigenvalue weighted by molar-refractivity contribution is 7.98. The summed E-state index contributed by atoms with van der Waals surface area (Å²) in [7, 11) is 0. The number of imidazole rings is 1. The average molecular weight is 463 g/mol. The second kappa shape index (κ2) is 8.35. The first-order valence-electron chi connectivity index (χ1n) is 9.22. The number of H-pyrrole nitrogens is 1. The summed E-state index contributed by atoms with van der Waals surface area (Å²) in [4.78, 5) is 25.7. The number of hydrogen-bond donors (Lipinski definition) is 1. The number of aromatic amines is 1. The molecule has 0 radical (unpaired) electrons. The maximum absolute atomic E-state index is 13.1. The summed E-state index contributed by atoms with van der Waals surface area (Å²) in [5.74, 6) is 0.0874. The number of carbonyl (C=O) groups excluding carboxylic acids is 1. The number of thiazole rings is 1. The topological polar surface area (TPSA) is 61.9 Å². The van der Waals surface area contributed by atoms with Gasteiger partial charge in [0.15, 0.2) is 10.3 Å². The summed E-state index contributed by atoms with van der Waals surface area (Å²) in [6.45, 7) is 3.31. The highest BCUT2D eigenvalue weighted by Crippen LogP contribution is 2.35. The van der Waals surface area contributed by atoms with Crippen LogP contribution in [-0.4, -0.2) is 20.9 Å². The number of aryl methyl sites for hydroxylation is 1. The van der Waals surface area contributed by atoms with E-state index in [4.69, 9.17) is 0 Å². The summed E-state index contributed by atoms with van der Waals surface area (Å²) >= 11 is 2.67. The number of nitrogens with zero attached hydrogens (tertiary/aromatic N) is 3. The van der Waals surface area contributed by atoms with E-state index in [1.807, 2.05) is 25.1 Å². The molecule has 0 spiro atoms. The van der Waals surface area contributed by atoms with Gasteiger partial charge >= 0.3 is 6.18 Å². The molecular formula is C21H17F3N4OS2. The van der Waals surface area contributed by atoms with Gasteiger partial charge in [0.2, 0.25) is 5.91 Å². The molecule has 1 amide bonds. The Kier molecular flexibility index (Phi) is 5.76. The normalized spacial score (nSPS) is 11.8. The Bertz CT molecular complexity index is 1250. The van der Waals surface area contributed by atoms with Crippen molar-refractivity contribution >= 4 is 50.9 Å². The van der Waals surface area contributed by atoms with Gasteiger partial charge in [-0.05, 0) is 42.8 Å². The number of benzene rings is 2. The molecule has 0 bridgehead atoms. The fraction of sp³-hybridized carbons (Fsp3) is 0.190. The molecule has 0 fully saturated rings. The van der Waals surface area contributed by atoms with E-state index in [2.05, 4.69) is 15.0 Å². The number of thioether (sulfide) groups is 1. The summed E-state index contributed by atoms with van der Waals surface area (Å²) in [6.07, 6.45) is -4.49. The van der Waals surface area contributed by atoms with E-state index in [0.717, 1.165) is 33.9 Å². The van der Waals surface area contributed by atoms with E-state index in [-0.39, 0.29) is 5.69 Å². The van der Waals surface area contributed by atoms with Crippen LogP contribution in [0, 0.1) is 6.92 Å². The van der Waals surface area contributed by atoms with E-state index in [0.29, 0.717) is 16.6 Å². The molecule has 0 saturated heterocycles. The standard InChI is InChI=1S/C21H17F3N4OS2/c1-12-6-7-17-18(8-12)27-19(26-17)30-10-15-11-31-20(25-15)28(13(2)29)16-5-3-4-14(9-16)21(22,23)24/h3-9,11H,10H2,1-2H3,(H,26,27). The van der Waals surface area contributed by atoms with Gasteiger partial charge in [-0.25, -0.2) is 9.97 Å². The molecule has 0 aliphatic heterocycles. The van der Waals surface area contributed by atoms with Gasteiger partial charge in [0.1, 0.15) is 0 Å². The Labute approximate surface area is 184 Å². The Hall–Kier alpha value is -2.85. The molecule has 2 aromatic carbocycles. The quantitative estimate of drug-likeness (QED) is 0.353. The minimum Gasteiger partial charge on any atom is -0.333 e. The first kappa shape index (κ1) is 21.4. The van der Waals surface area contributed by atoms with Gasteiger partial charge in [-0.1, -0.05) is 23.9 Å². The summed E-state index contributed by atoms with van der Waals surface area (Å²) in [6, 6.07) is 10.6. The zero-order valence-corrected chi connectivity index (χ0v) is 18.2. The molecule has 2 heterocycles. The molecule has 0 unspecified atom stereocenters. The fourth-order valence-electron chi connectivity index (χ4n) is 3.02. The Morgan fingerprint density at radius 2 is 2.00 bits per heavy atom. The lowest BCUT2D eigenvalue weighted by molar-refractivity contribution is -0.137. The zero-order chi connectivity index (χ0) is 22.2. The van der Waals surface area contributed by atoms with Crippen molar-refractivity contribution in [2.75, 3.05) is 4.90 Å². The SMILES string of the molecule is CC(=O)N(c1cccc(C(F)(F)F)c1)c1nc(CSc2nc3ccc(C)cc3[nH]2)cs1. The van der Waals surface area contributed by atoms with E-state index >= 15 is 0 Å². The highest BCUT2D eigenvalue weighted by atomic mass is 32.2. The Morgan fingerprint density at radius 1 is 1.19 bits per heavy atom. The molecule has 0 aliphatic carbocycles. The zero-order valence-electron chi connectivity index (χ0n) is 16.5. The molecule has 10 heteroatoms. The third-order valence-electron chi connectivity index (χ3n) is 4.45. The number of halogens is 3. The summed E-state index contributed by atoms with van der Waals surface area (Å²) in [5.41, 5.74) is 2.98. The molecule has 0 atom stereocenters. The number of aromatic nitrogens is 3. The first-order chi connectivity index (χ1) is 14.7. The van der Waals surface area contributed by atoms with Crippen molar-refractivity contribution < 1.29 is 18.0 Å². The molecule has 5 nitrogen and oxygen atoms in total. The number of anilines is 2. The lowest BCUT2D eigenvalue weighted by Gasteiger charge is -2.19. The number of fused-ring (bicyclic) bond motifs is 1. The Morgan fingerprint density at radius 3 is 2.74 bits per heavy atom. The molecular weight excluding hydrogens is 445 g/mol. The molecule has 160 valence electrons. The minimum atomic E-state index is -4.49. The number of nitrogens with one attached hydrogen (secondary N) is 1. The van der Waals surface area contributed by atoms with Crippen molar-refractivity contribution in [3.63, 3.8) is 0 Å². The largest absolute Gasteiger partial charge is 0.416 e. The summed E-state index contributed by atoms with van der Waals surface area (Å²) in [5, 5.41) is 2.86. The third kappa shape index (κ3) is 4.75. The van der Waals surface area contributed by atoms with Crippen LogP contribution in [0.25, 0.3) is 11.0 Å². The smallest absolute Gasteiger partial charge is 0.333 e. The van der Waals surface area contributed by atoms with Gasteiger partial charge in [0.05, 0.1) is 28.0 Å². The van der Waals surface area contributed by atoms with E-state index in [1.54, 1.807) is 5.38 Å². The van der Waals surface area contributed by atoms with Crippen molar-refractivity contribution in [2.45, 2.75) is 30.9 Å². The van der Waals surface area contributed by atoms with Gasteiger partial charge in [-0.3, -0.25) is 9.69 Å². The number of hydrogen-bond acceptors (Lipinski definition) is 5. The van der Waals surface area contributed by atoms with Gasteiger partial charge in [-0.15, -0.1) is 11.3 Å². The van der Waals surface area contributed by atoms with Crippen LogP contribution >= 0.6 is 23.1 Å². The van der Waals surface area contributed by atoms with Crippen LogP contribution in [0.2, 0.25) is 0 Å². The van der Waals surface area contributed by atoms with Crippen LogP contribution in [0.3, 0.4) is 0 Å². The van der Waals surface area contributed by atoms with Crippen molar-refractivity contribution in [1.29, 1.82) is 0 Å². The molecule has 2 aromatic heterocycles. The lowest BCUT2D eigenvalue weighted by Crippen LogP contribution is -2.23.